The number of benzene rings is 1. The lowest BCUT2D eigenvalue weighted by atomic mass is 10.1. The standard InChI is InChI=1S/C14H17N3O2S2/c1-16-21(18,19)14-3-2-11(8-12(14)15)17-6-4-13-10(9-17)5-7-20-13/h2-3,5,7-8,16H,4,6,9,15H2,1H3. The van der Waals surface area contributed by atoms with Crippen LogP contribution in [0.2, 0.25) is 0 Å². The van der Waals surface area contributed by atoms with Crippen molar-refractivity contribution in [3.8, 4) is 0 Å². The molecule has 2 aromatic rings. The smallest absolute Gasteiger partial charge is 0.242 e. The number of hydrogen-bond donors (Lipinski definition) is 2. The molecule has 0 spiro atoms. The highest BCUT2D eigenvalue weighted by molar-refractivity contribution is 7.89. The molecule has 3 N–H and O–H groups in total. The Bertz CT molecular complexity index is 768. The normalized spacial score (nSPS) is 15.0. The van der Waals surface area contributed by atoms with Gasteiger partial charge in [0.05, 0.1) is 5.69 Å². The molecule has 1 aliphatic heterocycles. The third-order valence-corrected chi connectivity index (χ3v) is 6.24. The van der Waals surface area contributed by atoms with Crippen molar-refractivity contribution in [1.29, 1.82) is 0 Å². The van der Waals surface area contributed by atoms with Crippen LogP contribution in [0.25, 0.3) is 0 Å². The molecule has 1 aliphatic rings. The van der Waals surface area contributed by atoms with E-state index in [1.807, 2.05) is 6.07 Å². The van der Waals surface area contributed by atoms with Crippen LogP contribution in [0.4, 0.5) is 11.4 Å². The van der Waals surface area contributed by atoms with Crippen molar-refractivity contribution in [1.82, 2.24) is 4.72 Å². The molecule has 112 valence electrons. The second-order valence-corrected chi connectivity index (χ2v) is 7.83. The van der Waals surface area contributed by atoms with Crippen LogP contribution < -0.4 is 15.4 Å². The Morgan fingerprint density at radius 1 is 1.33 bits per heavy atom. The molecule has 1 aromatic carbocycles. The van der Waals surface area contributed by atoms with Crippen LogP contribution in [-0.4, -0.2) is 22.0 Å². The zero-order chi connectivity index (χ0) is 15.0. The Balaban J connectivity index is 1.90. The van der Waals surface area contributed by atoms with E-state index < -0.39 is 10.0 Å². The summed E-state index contributed by atoms with van der Waals surface area (Å²) in [5, 5.41) is 2.12. The number of nitrogens with two attached hydrogens (primary N) is 1. The summed E-state index contributed by atoms with van der Waals surface area (Å²) in [7, 11) is -2.13. The molecule has 3 rings (SSSR count). The largest absolute Gasteiger partial charge is 0.398 e. The summed E-state index contributed by atoms with van der Waals surface area (Å²) < 4.78 is 26.0. The Morgan fingerprint density at radius 3 is 2.86 bits per heavy atom. The number of rotatable bonds is 3. The molecule has 0 atom stereocenters. The lowest BCUT2D eigenvalue weighted by Gasteiger charge is -2.29. The minimum Gasteiger partial charge on any atom is -0.398 e. The van der Waals surface area contributed by atoms with Crippen molar-refractivity contribution in [3.63, 3.8) is 0 Å². The summed E-state index contributed by atoms with van der Waals surface area (Å²) in [6, 6.07) is 7.27. The Hall–Kier alpha value is -1.57. The first-order valence-corrected chi connectivity index (χ1v) is 9.01. The summed E-state index contributed by atoms with van der Waals surface area (Å²) in [5.74, 6) is 0. The van der Waals surface area contributed by atoms with Gasteiger partial charge in [-0.15, -0.1) is 11.3 Å². The van der Waals surface area contributed by atoms with Crippen molar-refractivity contribution in [3.05, 3.63) is 40.1 Å². The minimum absolute atomic E-state index is 0.127. The number of nitrogens with zero attached hydrogens (tertiary/aromatic N) is 1. The number of nitrogens with one attached hydrogen (secondary N) is 1. The molecule has 5 nitrogen and oxygen atoms in total. The van der Waals surface area contributed by atoms with E-state index in [0.717, 1.165) is 25.2 Å². The van der Waals surface area contributed by atoms with E-state index in [-0.39, 0.29) is 10.6 Å². The number of nitrogen functional groups attached to an aromatic ring is 1. The number of sulfonamides is 1. The SMILES string of the molecule is CNS(=O)(=O)c1ccc(N2CCc3sccc3C2)cc1N. The maximum Gasteiger partial charge on any atom is 0.242 e. The molecule has 7 heteroatoms. The summed E-state index contributed by atoms with van der Waals surface area (Å²) >= 11 is 1.80. The van der Waals surface area contributed by atoms with E-state index >= 15 is 0 Å². The van der Waals surface area contributed by atoms with Crippen molar-refractivity contribution >= 4 is 32.7 Å². The van der Waals surface area contributed by atoms with E-state index in [1.165, 1.54) is 17.5 Å². The Labute approximate surface area is 128 Å². The van der Waals surface area contributed by atoms with Crippen LogP contribution >= 0.6 is 11.3 Å². The number of anilines is 2. The highest BCUT2D eigenvalue weighted by Gasteiger charge is 2.20. The molecule has 0 fully saturated rings. The van der Waals surface area contributed by atoms with Crippen LogP contribution in [0.3, 0.4) is 0 Å². The zero-order valence-corrected chi connectivity index (χ0v) is 13.3. The molecule has 0 saturated carbocycles. The van der Waals surface area contributed by atoms with Crippen molar-refractivity contribution < 1.29 is 8.42 Å². The van der Waals surface area contributed by atoms with Gasteiger partial charge >= 0.3 is 0 Å². The predicted molar refractivity (Wildman–Crippen MR) is 86.2 cm³/mol. The molecule has 0 radical (unpaired) electrons. The van der Waals surface area contributed by atoms with E-state index in [9.17, 15) is 8.42 Å². The fourth-order valence-electron chi connectivity index (χ4n) is 2.56. The molecule has 0 aliphatic carbocycles. The van der Waals surface area contributed by atoms with Gasteiger partial charge in [-0.25, -0.2) is 13.1 Å². The molecule has 0 bridgehead atoms. The summed E-state index contributed by atoms with van der Waals surface area (Å²) in [6.45, 7) is 1.77. The second kappa shape index (κ2) is 5.32. The maximum absolute atomic E-state index is 11.8. The van der Waals surface area contributed by atoms with Crippen LogP contribution in [0.15, 0.2) is 34.5 Å². The van der Waals surface area contributed by atoms with Crippen LogP contribution in [0.5, 0.6) is 0 Å². The lowest BCUT2D eigenvalue weighted by Crippen LogP contribution is -2.29. The van der Waals surface area contributed by atoms with Gasteiger partial charge in [-0.3, -0.25) is 0 Å². The monoisotopic (exact) mass is 323 g/mol. The van der Waals surface area contributed by atoms with E-state index in [0.29, 0.717) is 0 Å². The molecular formula is C14H17N3O2S2. The van der Waals surface area contributed by atoms with Gasteiger partial charge in [0, 0.05) is 23.7 Å². The van der Waals surface area contributed by atoms with Gasteiger partial charge in [0.1, 0.15) is 4.90 Å². The van der Waals surface area contributed by atoms with Gasteiger partial charge in [-0.1, -0.05) is 0 Å². The molecule has 2 heterocycles. The highest BCUT2D eigenvalue weighted by atomic mass is 32.2. The van der Waals surface area contributed by atoms with Gasteiger partial charge in [-0.2, -0.15) is 0 Å². The minimum atomic E-state index is -3.51. The Kier molecular flexibility index (Phi) is 3.64. The zero-order valence-electron chi connectivity index (χ0n) is 11.7. The molecule has 0 unspecified atom stereocenters. The summed E-state index contributed by atoms with van der Waals surface area (Å²) in [5.41, 5.74) is 8.50. The van der Waals surface area contributed by atoms with Crippen molar-refractivity contribution in [2.75, 3.05) is 24.2 Å². The van der Waals surface area contributed by atoms with Gasteiger partial charge < -0.3 is 10.6 Å². The third kappa shape index (κ3) is 2.64. The summed E-state index contributed by atoms with van der Waals surface area (Å²) in [4.78, 5) is 3.79. The number of thiophene rings is 1. The van der Waals surface area contributed by atoms with Gasteiger partial charge in [0.2, 0.25) is 10.0 Å². The van der Waals surface area contributed by atoms with E-state index in [4.69, 9.17) is 5.73 Å². The van der Waals surface area contributed by atoms with Crippen LogP contribution in [-0.2, 0) is 23.0 Å². The topological polar surface area (TPSA) is 75.4 Å². The lowest BCUT2D eigenvalue weighted by molar-refractivity contribution is 0.588. The van der Waals surface area contributed by atoms with Crippen molar-refractivity contribution in [2.24, 2.45) is 0 Å². The average Bonchev–Trinajstić information content (AvgIpc) is 2.94. The van der Waals surface area contributed by atoms with E-state index in [1.54, 1.807) is 23.5 Å². The fraction of sp³-hybridized carbons (Fsp3) is 0.286. The summed E-state index contributed by atoms with van der Waals surface area (Å²) in [6.07, 6.45) is 1.02. The molecular weight excluding hydrogens is 306 g/mol. The predicted octanol–water partition coefficient (Wildman–Crippen LogP) is 1.80. The first-order chi connectivity index (χ1) is 10.0. The van der Waals surface area contributed by atoms with Crippen molar-refractivity contribution in [2.45, 2.75) is 17.9 Å². The van der Waals surface area contributed by atoms with E-state index in [2.05, 4.69) is 21.1 Å². The average molecular weight is 323 g/mol. The quantitative estimate of drug-likeness (QED) is 0.845. The number of hydrogen-bond acceptors (Lipinski definition) is 5. The van der Waals surface area contributed by atoms with Gasteiger partial charge in [0.25, 0.3) is 0 Å². The molecule has 21 heavy (non-hydrogen) atoms. The number of fused-ring (bicyclic) bond motifs is 1. The molecule has 0 amide bonds. The first kappa shape index (κ1) is 14.4. The molecule has 1 aromatic heterocycles. The Morgan fingerprint density at radius 2 is 2.14 bits per heavy atom. The molecule has 0 saturated heterocycles. The van der Waals surface area contributed by atoms with Crippen LogP contribution in [0, 0.1) is 0 Å². The fourth-order valence-corrected chi connectivity index (χ4v) is 4.28. The highest BCUT2D eigenvalue weighted by Crippen LogP contribution is 2.30. The van der Waals surface area contributed by atoms with Gasteiger partial charge in [0.15, 0.2) is 0 Å². The first-order valence-electron chi connectivity index (χ1n) is 6.64. The third-order valence-electron chi connectivity index (χ3n) is 3.72. The maximum atomic E-state index is 11.8. The van der Waals surface area contributed by atoms with Gasteiger partial charge in [-0.05, 0) is 48.7 Å². The second-order valence-electron chi connectivity index (χ2n) is 4.97. The van der Waals surface area contributed by atoms with Crippen LogP contribution in [0.1, 0.15) is 10.4 Å².